The number of hydrogen-bond acceptors (Lipinski definition) is 3. The van der Waals surface area contributed by atoms with Crippen LogP contribution >= 0.6 is 11.8 Å². The Labute approximate surface area is 117 Å². The van der Waals surface area contributed by atoms with Gasteiger partial charge in [0, 0.05) is 18.3 Å². The molecule has 5 heteroatoms. The standard InChI is InChI=1S/C14H19FN2OS/c1-2-16-13-11(6-3-7-12(13)15)14(18)17-9-10-5-4-8-19-10/h3,6-7,10,16H,2,4-5,8-9H2,1H3,(H,17,18). The highest BCUT2D eigenvalue weighted by atomic mass is 32.2. The minimum atomic E-state index is -0.384. The van der Waals surface area contributed by atoms with Crippen LogP contribution in [-0.4, -0.2) is 30.0 Å². The molecule has 1 heterocycles. The number of benzene rings is 1. The van der Waals surface area contributed by atoms with E-state index in [9.17, 15) is 9.18 Å². The molecule has 0 radical (unpaired) electrons. The maximum atomic E-state index is 13.7. The van der Waals surface area contributed by atoms with Gasteiger partial charge in [0.25, 0.3) is 5.91 Å². The average molecular weight is 282 g/mol. The molecule has 1 aliphatic rings. The highest BCUT2D eigenvalue weighted by molar-refractivity contribution is 8.00. The van der Waals surface area contributed by atoms with Gasteiger partial charge in [0.05, 0.1) is 11.3 Å². The third kappa shape index (κ3) is 3.62. The Morgan fingerprint density at radius 1 is 1.53 bits per heavy atom. The number of para-hydroxylation sites is 1. The van der Waals surface area contributed by atoms with Crippen LogP contribution in [0.2, 0.25) is 0 Å². The van der Waals surface area contributed by atoms with Gasteiger partial charge < -0.3 is 10.6 Å². The van der Waals surface area contributed by atoms with E-state index >= 15 is 0 Å². The first-order valence-corrected chi connectivity index (χ1v) is 7.69. The van der Waals surface area contributed by atoms with Gasteiger partial charge in [0.1, 0.15) is 5.82 Å². The Balaban J connectivity index is 2.03. The van der Waals surface area contributed by atoms with Crippen molar-refractivity contribution in [3.8, 4) is 0 Å². The molecule has 1 atom stereocenters. The van der Waals surface area contributed by atoms with E-state index in [1.807, 2.05) is 18.7 Å². The van der Waals surface area contributed by atoms with E-state index in [4.69, 9.17) is 0 Å². The smallest absolute Gasteiger partial charge is 0.253 e. The molecule has 0 aromatic heterocycles. The number of nitrogens with one attached hydrogen (secondary N) is 2. The SMILES string of the molecule is CCNc1c(F)cccc1C(=O)NCC1CCCS1. The van der Waals surface area contributed by atoms with Gasteiger partial charge in [-0.2, -0.15) is 11.8 Å². The minimum Gasteiger partial charge on any atom is -0.382 e. The molecule has 1 unspecified atom stereocenters. The van der Waals surface area contributed by atoms with Gasteiger partial charge in [-0.25, -0.2) is 4.39 Å². The zero-order chi connectivity index (χ0) is 13.7. The Hall–Kier alpha value is -1.23. The number of thioether (sulfide) groups is 1. The van der Waals surface area contributed by atoms with Crippen LogP contribution in [0.4, 0.5) is 10.1 Å². The van der Waals surface area contributed by atoms with Crippen LogP contribution in [0.1, 0.15) is 30.1 Å². The quantitative estimate of drug-likeness (QED) is 0.872. The van der Waals surface area contributed by atoms with Crippen LogP contribution in [0.3, 0.4) is 0 Å². The van der Waals surface area contributed by atoms with Crippen molar-refractivity contribution in [1.29, 1.82) is 0 Å². The number of rotatable bonds is 5. The Bertz CT molecular complexity index is 447. The number of carbonyl (C=O) groups excluding carboxylic acids is 1. The van der Waals surface area contributed by atoms with E-state index in [0.29, 0.717) is 29.6 Å². The normalized spacial score (nSPS) is 18.3. The fourth-order valence-electron chi connectivity index (χ4n) is 2.18. The molecule has 19 heavy (non-hydrogen) atoms. The maximum absolute atomic E-state index is 13.7. The summed E-state index contributed by atoms with van der Waals surface area (Å²) in [4.78, 5) is 12.1. The van der Waals surface area contributed by atoms with E-state index in [1.165, 1.54) is 18.2 Å². The molecule has 1 saturated heterocycles. The third-order valence-corrected chi connectivity index (χ3v) is 4.52. The zero-order valence-corrected chi connectivity index (χ0v) is 11.9. The monoisotopic (exact) mass is 282 g/mol. The van der Waals surface area contributed by atoms with Crippen LogP contribution < -0.4 is 10.6 Å². The van der Waals surface area contributed by atoms with Crippen molar-refractivity contribution in [3.63, 3.8) is 0 Å². The summed E-state index contributed by atoms with van der Waals surface area (Å²) >= 11 is 1.89. The van der Waals surface area contributed by atoms with Crippen LogP contribution in [0, 0.1) is 5.82 Å². The van der Waals surface area contributed by atoms with Crippen molar-refractivity contribution >= 4 is 23.4 Å². The second kappa shape index (κ2) is 6.80. The van der Waals surface area contributed by atoms with Gasteiger partial charge in [-0.15, -0.1) is 0 Å². The molecular formula is C14H19FN2OS. The van der Waals surface area contributed by atoms with Gasteiger partial charge in [0.15, 0.2) is 0 Å². The molecular weight excluding hydrogens is 263 g/mol. The largest absolute Gasteiger partial charge is 0.382 e. The van der Waals surface area contributed by atoms with E-state index in [0.717, 1.165) is 6.42 Å². The second-order valence-electron chi connectivity index (χ2n) is 4.54. The molecule has 3 nitrogen and oxygen atoms in total. The lowest BCUT2D eigenvalue weighted by molar-refractivity contribution is 0.0954. The Morgan fingerprint density at radius 2 is 2.37 bits per heavy atom. The topological polar surface area (TPSA) is 41.1 Å². The highest BCUT2D eigenvalue weighted by Crippen LogP contribution is 2.25. The van der Waals surface area contributed by atoms with Crippen LogP contribution in [-0.2, 0) is 0 Å². The number of amides is 1. The van der Waals surface area contributed by atoms with E-state index < -0.39 is 0 Å². The summed E-state index contributed by atoms with van der Waals surface area (Å²) in [6, 6.07) is 4.58. The fraction of sp³-hybridized carbons (Fsp3) is 0.500. The Kier molecular flexibility index (Phi) is 5.07. The highest BCUT2D eigenvalue weighted by Gasteiger charge is 2.18. The molecule has 1 aromatic carbocycles. The molecule has 2 rings (SSSR count). The van der Waals surface area contributed by atoms with E-state index in [2.05, 4.69) is 10.6 Å². The molecule has 104 valence electrons. The van der Waals surface area contributed by atoms with Crippen LogP contribution in [0.5, 0.6) is 0 Å². The summed E-state index contributed by atoms with van der Waals surface area (Å²) in [5.74, 6) is 0.580. The molecule has 1 amide bonds. The predicted octanol–water partition coefficient (Wildman–Crippen LogP) is 2.88. The first-order chi connectivity index (χ1) is 9.22. The molecule has 1 aliphatic heterocycles. The minimum absolute atomic E-state index is 0.206. The molecule has 1 fully saturated rings. The third-order valence-electron chi connectivity index (χ3n) is 3.13. The first kappa shape index (κ1) is 14.2. The summed E-state index contributed by atoms with van der Waals surface area (Å²) in [6.45, 7) is 3.12. The summed E-state index contributed by atoms with van der Waals surface area (Å²) in [6.07, 6.45) is 2.36. The molecule has 0 spiro atoms. The fourth-order valence-corrected chi connectivity index (χ4v) is 3.38. The zero-order valence-electron chi connectivity index (χ0n) is 11.0. The lowest BCUT2D eigenvalue weighted by Gasteiger charge is -2.14. The summed E-state index contributed by atoms with van der Waals surface area (Å²) < 4.78 is 13.7. The number of hydrogen-bond donors (Lipinski definition) is 2. The van der Waals surface area contributed by atoms with Crippen molar-refractivity contribution < 1.29 is 9.18 Å². The average Bonchev–Trinajstić information content (AvgIpc) is 2.92. The molecule has 1 aromatic rings. The number of anilines is 1. The molecule has 2 N–H and O–H groups in total. The summed E-state index contributed by atoms with van der Waals surface area (Å²) in [5, 5.41) is 6.31. The van der Waals surface area contributed by atoms with Gasteiger partial charge >= 0.3 is 0 Å². The number of carbonyl (C=O) groups is 1. The van der Waals surface area contributed by atoms with Gasteiger partial charge in [-0.05, 0) is 37.7 Å². The van der Waals surface area contributed by atoms with E-state index in [-0.39, 0.29) is 11.7 Å². The van der Waals surface area contributed by atoms with E-state index in [1.54, 1.807) is 12.1 Å². The van der Waals surface area contributed by atoms with Crippen molar-refractivity contribution in [2.24, 2.45) is 0 Å². The van der Waals surface area contributed by atoms with Gasteiger partial charge in [-0.1, -0.05) is 6.07 Å². The van der Waals surface area contributed by atoms with Gasteiger partial charge in [-0.3, -0.25) is 4.79 Å². The lowest BCUT2D eigenvalue weighted by Crippen LogP contribution is -2.30. The maximum Gasteiger partial charge on any atom is 0.253 e. The van der Waals surface area contributed by atoms with Crippen LogP contribution in [0.15, 0.2) is 18.2 Å². The van der Waals surface area contributed by atoms with Crippen LogP contribution in [0.25, 0.3) is 0 Å². The van der Waals surface area contributed by atoms with Crippen molar-refractivity contribution in [1.82, 2.24) is 5.32 Å². The number of halogens is 1. The van der Waals surface area contributed by atoms with Crippen molar-refractivity contribution in [2.45, 2.75) is 25.0 Å². The Morgan fingerprint density at radius 3 is 3.05 bits per heavy atom. The second-order valence-corrected chi connectivity index (χ2v) is 5.95. The predicted molar refractivity (Wildman–Crippen MR) is 78.4 cm³/mol. The lowest BCUT2D eigenvalue weighted by atomic mass is 10.1. The molecule has 0 saturated carbocycles. The van der Waals surface area contributed by atoms with Gasteiger partial charge in [0.2, 0.25) is 0 Å². The van der Waals surface area contributed by atoms with Crippen molar-refractivity contribution in [3.05, 3.63) is 29.6 Å². The first-order valence-electron chi connectivity index (χ1n) is 6.64. The molecule has 0 aliphatic carbocycles. The summed E-state index contributed by atoms with van der Waals surface area (Å²) in [7, 11) is 0. The summed E-state index contributed by atoms with van der Waals surface area (Å²) in [5.41, 5.74) is 0.673. The van der Waals surface area contributed by atoms with Crippen molar-refractivity contribution in [2.75, 3.05) is 24.2 Å². The molecule has 0 bridgehead atoms.